The molecule has 10 heteroatoms. The Kier molecular flexibility index (Phi) is 4.82. The standard InChI is InChI=1S/C19H14F2N6O2/c1-2-11-4-3-5-16(25-11)26-19(28)14-6-13(9-27-18(14)23-10-24-27)29-12-7-15(20)17(21)22-8-12/h3-10H,2H2,1H3,(H,25,26,28). The summed E-state index contributed by atoms with van der Waals surface area (Å²) in [6, 6.07) is 7.60. The highest BCUT2D eigenvalue weighted by molar-refractivity contribution is 6.08. The largest absolute Gasteiger partial charge is 0.454 e. The third kappa shape index (κ3) is 3.86. The number of aromatic nitrogens is 5. The lowest BCUT2D eigenvalue weighted by Gasteiger charge is -2.10. The molecule has 4 aromatic rings. The number of fused-ring (bicyclic) bond motifs is 1. The van der Waals surface area contributed by atoms with E-state index in [1.54, 1.807) is 12.1 Å². The summed E-state index contributed by atoms with van der Waals surface area (Å²) in [6.45, 7) is 1.96. The molecule has 0 fully saturated rings. The number of hydrogen-bond donors (Lipinski definition) is 1. The number of pyridine rings is 3. The van der Waals surface area contributed by atoms with Gasteiger partial charge in [0.1, 0.15) is 23.6 Å². The molecule has 0 saturated heterocycles. The average molecular weight is 396 g/mol. The molecule has 4 rings (SSSR count). The van der Waals surface area contributed by atoms with Gasteiger partial charge < -0.3 is 10.1 Å². The zero-order valence-corrected chi connectivity index (χ0v) is 15.1. The van der Waals surface area contributed by atoms with E-state index in [0.717, 1.165) is 24.4 Å². The van der Waals surface area contributed by atoms with Gasteiger partial charge in [-0.3, -0.25) is 4.79 Å². The molecular weight excluding hydrogens is 382 g/mol. The van der Waals surface area contributed by atoms with E-state index in [2.05, 4.69) is 25.4 Å². The highest BCUT2D eigenvalue weighted by Gasteiger charge is 2.17. The van der Waals surface area contributed by atoms with Crippen LogP contribution < -0.4 is 10.1 Å². The molecule has 0 aliphatic carbocycles. The van der Waals surface area contributed by atoms with Gasteiger partial charge in [0.05, 0.1) is 18.0 Å². The van der Waals surface area contributed by atoms with Crippen molar-refractivity contribution < 1.29 is 18.3 Å². The molecule has 4 aromatic heterocycles. The number of rotatable bonds is 5. The van der Waals surface area contributed by atoms with Crippen LogP contribution in [-0.4, -0.2) is 30.5 Å². The summed E-state index contributed by atoms with van der Waals surface area (Å²) in [7, 11) is 0. The summed E-state index contributed by atoms with van der Waals surface area (Å²) in [5, 5.41) is 6.72. The Morgan fingerprint density at radius 3 is 2.86 bits per heavy atom. The minimum absolute atomic E-state index is 0.0352. The van der Waals surface area contributed by atoms with Gasteiger partial charge in [-0.15, -0.1) is 0 Å². The van der Waals surface area contributed by atoms with Crippen molar-refractivity contribution in [3.8, 4) is 11.5 Å². The maximum Gasteiger partial charge on any atom is 0.260 e. The van der Waals surface area contributed by atoms with Gasteiger partial charge in [0, 0.05) is 11.8 Å². The Balaban J connectivity index is 1.67. The van der Waals surface area contributed by atoms with Gasteiger partial charge in [-0.1, -0.05) is 13.0 Å². The maximum atomic E-state index is 13.4. The molecule has 146 valence electrons. The van der Waals surface area contributed by atoms with Crippen LogP contribution in [0.1, 0.15) is 23.0 Å². The monoisotopic (exact) mass is 396 g/mol. The van der Waals surface area contributed by atoms with Crippen LogP contribution in [0.15, 0.2) is 49.1 Å². The van der Waals surface area contributed by atoms with Crippen LogP contribution in [0.5, 0.6) is 11.5 Å². The molecule has 0 radical (unpaired) electrons. The summed E-state index contributed by atoms with van der Waals surface area (Å²) in [5.41, 5.74) is 1.29. The predicted octanol–water partition coefficient (Wildman–Crippen LogP) is 3.40. The van der Waals surface area contributed by atoms with E-state index < -0.39 is 17.7 Å². The number of nitrogens with one attached hydrogen (secondary N) is 1. The van der Waals surface area contributed by atoms with Crippen molar-refractivity contribution in [1.82, 2.24) is 24.6 Å². The SMILES string of the molecule is CCc1cccc(NC(=O)c2cc(Oc3cnc(F)c(F)c3)cn3ncnc23)n1. The number of ether oxygens (including phenoxy) is 1. The third-order valence-electron chi connectivity index (χ3n) is 4.01. The normalized spacial score (nSPS) is 10.9. The van der Waals surface area contributed by atoms with Crippen molar-refractivity contribution in [3.63, 3.8) is 0 Å². The second-order valence-electron chi connectivity index (χ2n) is 5.99. The Bertz CT molecular complexity index is 1210. The van der Waals surface area contributed by atoms with Crippen molar-refractivity contribution in [3.05, 3.63) is 72.1 Å². The van der Waals surface area contributed by atoms with Crippen LogP contribution in [0.25, 0.3) is 5.65 Å². The molecule has 0 aliphatic heterocycles. The Morgan fingerprint density at radius 1 is 1.21 bits per heavy atom. The lowest BCUT2D eigenvalue weighted by Crippen LogP contribution is -2.15. The summed E-state index contributed by atoms with van der Waals surface area (Å²) in [4.78, 5) is 24.5. The molecule has 4 heterocycles. The van der Waals surface area contributed by atoms with Crippen LogP contribution in [0, 0.1) is 11.8 Å². The summed E-state index contributed by atoms with van der Waals surface area (Å²) >= 11 is 0. The predicted molar refractivity (Wildman–Crippen MR) is 98.8 cm³/mol. The number of amides is 1. The Morgan fingerprint density at radius 2 is 2.07 bits per heavy atom. The van der Waals surface area contributed by atoms with Gasteiger partial charge in [-0.05, 0) is 24.6 Å². The second-order valence-corrected chi connectivity index (χ2v) is 5.99. The molecule has 0 spiro atoms. The van der Waals surface area contributed by atoms with E-state index in [0.29, 0.717) is 11.5 Å². The van der Waals surface area contributed by atoms with E-state index in [-0.39, 0.29) is 17.1 Å². The zero-order chi connectivity index (χ0) is 20.4. The van der Waals surface area contributed by atoms with Gasteiger partial charge in [0.2, 0.25) is 5.95 Å². The van der Waals surface area contributed by atoms with Crippen molar-refractivity contribution in [1.29, 1.82) is 0 Å². The summed E-state index contributed by atoms with van der Waals surface area (Å²) in [6.07, 6.45) is 4.49. The van der Waals surface area contributed by atoms with E-state index in [1.165, 1.54) is 23.1 Å². The molecule has 1 amide bonds. The number of hydrogen-bond acceptors (Lipinski definition) is 6. The first-order valence-electron chi connectivity index (χ1n) is 8.63. The smallest absolute Gasteiger partial charge is 0.260 e. The quantitative estimate of drug-likeness (QED) is 0.520. The summed E-state index contributed by atoms with van der Waals surface area (Å²) in [5.74, 6) is -2.33. The molecular formula is C19H14F2N6O2. The molecule has 8 nitrogen and oxygen atoms in total. The summed E-state index contributed by atoms with van der Waals surface area (Å²) < 4.78 is 33.2. The molecule has 0 unspecified atom stereocenters. The molecule has 29 heavy (non-hydrogen) atoms. The van der Waals surface area contributed by atoms with Gasteiger partial charge in [0.15, 0.2) is 11.5 Å². The van der Waals surface area contributed by atoms with Gasteiger partial charge >= 0.3 is 0 Å². The maximum absolute atomic E-state index is 13.4. The van der Waals surface area contributed by atoms with Crippen molar-refractivity contribution in [2.24, 2.45) is 0 Å². The zero-order valence-electron chi connectivity index (χ0n) is 15.1. The fraction of sp³-hybridized carbons (Fsp3) is 0.105. The highest BCUT2D eigenvalue weighted by Crippen LogP contribution is 2.25. The highest BCUT2D eigenvalue weighted by atomic mass is 19.2. The van der Waals surface area contributed by atoms with Gasteiger partial charge in [-0.2, -0.15) is 9.49 Å². The lowest BCUT2D eigenvalue weighted by molar-refractivity contribution is 0.102. The van der Waals surface area contributed by atoms with E-state index in [9.17, 15) is 13.6 Å². The number of carbonyl (C=O) groups excluding carboxylic acids is 1. The third-order valence-corrected chi connectivity index (χ3v) is 4.01. The first-order valence-corrected chi connectivity index (χ1v) is 8.63. The molecule has 0 aromatic carbocycles. The minimum Gasteiger partial charge on any atom is -0.454 e. The lowest BCUT2D eigenvalue weighted by atomic mass is 10.2. The number of halogens is 2. The fourth-order valence-corrected chi connectivity index (χ4v) is 2.65. The van der Waals surface area contributed by atoms with Crippen molar-refractivity contribution >= 4 is 17.4 Å². The van der Waals surface area contributed by atoms with Crippen LogP contribution >= 0.6 is 0 Å². The molecule has 1 N–H and O–H groups in total. The number of aryl methyl sites for hydroxylation is 1. The number of carbonyl (C=O) groups is 1. The second kappa shape index (κ2) is 7.58. The topological polar surface area (TPSA) is 94.3 Å². The van der Waals surface area contributed by atoms with Crippen LogP contribution in [0.3, 0.4) is 0 Å². The van der Waals surface area contributed by atoms with Gasteiger partial charge in [-0.25, -0.2) is 23.9 Å². The van der Waals surface area contributed by atoms with E-state index in [4.69, 9.17) is 4.74 Å². The van der Waals surface area contributed by atoms with E-state index >= 15 is 0 Å². The average Bonchev–Trinajstić information content (AvgIpc) is 3.19. The van der Waals surface area contributed by atoms with Crippen molar-refractivity contribution in [2.45, 2.75) is 13.3 Å². The minimum atomic E-state index is -1.23. The fourth-order valence-electron chi connectivity index (χ4n) is 2.65. The molecule has 0 aliphatic rings. The Hall–Kier alpha value is -3.95. The van der Waals surface area contributed by atoms with Crippen LogP contribution in [0.2, 0.25) is 0 Å². The Labute approximate surface area is 163 Å². The molecule has 0 bridgehead atoms. The number of anilines is 1. The number of nitrogens with zero attached hydrogens (tertiary/aromatic N) is 5. The molecule has 0 saturated carbocycles. The first kappa shape index (κ1) is 18.4. The van der Waals surface area contributed by atoms with Crippen molar-refractivity contribution in [2.75, 3.05) is 5.32 Å². The van der Waals surface area contributed by atoms with Crippen LogP contribution in [-0.2, 0) is 6.42 Å². The first-order chi connectivity index (χ1) is 14.0. The molecule has 0 atom stereocenters. The van der Waals surface area contributed by atoms with E-state index in [1.807, 2.05) is 13.0 Å². The van der Waals surface area contributed by atoms with Gasteiger partial charge in [0.25, 0.3) is 5.91 Å². The van der Waals surface area contributed by atoms with Crippen LogP contribution in [0.4, 0.5) is 14.6 Å².